The average molecular weight is 455 g/mol. The number of aromatic nitrogens is 2. The SMILES string of the molecule is N#Cc1ccc(Cn2cncc2CC(=O)[C@@H](CN)CNCc2ccccc2C(F)(F)F)cc1. The number of benzene rings is 2. The molecular formula is C24H24F3N5O. The van der Waals surface area contributed by atoms with Crippen molar-refractivity contribution < 1.29 is 18.0 Å². The number of nitrogens with one attached hydrogen (secondary N) is 1. The van der Waals surface area contributed by atoms with Crippen LogP contribution in [0, 0.1) is 17.2 Å². The van der Waals surface area contributed by atoms with Gasteiger partial charge in [0.25, 0.3) is 0 Å². The number of nitriles is 1. The van der Waals surface area contributed by atoms with Crippen LogP contribution in [-0.2, 0) is 30.5 Å². The van der Waals surface area contributed by atoms with Crippen molar-refractivity contribution in [3.05, 3.63) is 89.0 Å². The Kier molecular flexibility index (Phi) is 7.98. The van der Waals surface area contributed by atoms with Crippen LogP contribution in [0.2, 0.25) is 0 Å². The van der Waals surface area contributed by atoms with Crippen LogP contribution < -0.4 is 11.1 Å². The number of imidazole rings is 1. The molecule has 0 saturated heterocycles. The van der Waals surface area contributed by atoms with Gasteiger partial charge in [0.1, 0.15) is 5.78 Å². The van der Waals surface area contributed by atoms with Gasteiger partial charge in [-0.3, -0.25) is 4.79 Å². The summed E-state index contributed by atoms with van der Waals surface area (Å²) in [6, 6.07) is 14.6. The number of hydrogen-bond acceptors (Lipinski definition) is 5. The molecule has 1 atom stereocenters. The molecule has 0 aliphatic carbocycles. The number of carbonyl (C=O) groups excluding carboxylic acids is 1. The molecule has 0 aliphatic heterocycles. The van der Waals surface area contributed by atoms with Crippen molar-refractivity contribution in [3.8, 4) is 6.07 Å². The van der Waals surface area contributed by atoms with Gasteiger partial charge in [-0.15, -0.1) is 0 Å². The summed E-state index contributed by atoms with van der Waals surface area (Å²) in [4.78, 5) is 17.0. The maximum absolute atomic E-state index is 13.1. The first-order valence-electron chi connectivity index (χ1n) is 10.4. The zero-order valence-corrected chi connectivity index (χ0v) is 17.8. The molecule has 0 aliphatic rings. The van der Waals surface area contributed by atoms with Crippen LogP contribution in [-0.4, -0.2) is 28.4 Å². The van der Waals surface area contributed by atoms with Gasteiger partial charge in [-0.2, -0.15) is 18.4 Å². The van der Waals surface area contributed by atoms with Crippen LogP contribution in [0.25, 0.3) is 0 Å². The quantitative estimate of drug-likeness (QED) is 0.489. The Morgan fingerprint density at radius 2 is 1.91 bits per heavy atom. The fourth-order valence-electron chi connectivity index (χ4n) is 3.50. The fraction of sp³-hybridized carbons (Fsp3) is 0.292. The summed E-state index contributed by atoms with van der Waals surface area (Å²) in [7, 11) is 0. The predicted molar refractivity (Wildman–Crippen MR) is 117 cm³/mol. The van der Waals surface area contributed by atoms with Crippen molar-refractivity contribution in [2.75, 3.05) is 13.1 Å². The summed E-state index contributed by atoms with van der Waals surface area (Å²) >= 11 is 0. The molecule has 33 heavy (non-hydrogen) atoms. The Hall–Kier alpha value is -3.48. The smallest absolute Gasteiger partial charge is 0.330 e. The second kappa shape index (κ2) is 10.9. The minimum atomic E-state index is -4.44. The van der Waals surface area contributed by atoms with E-state index in [9.17, 15) is 18.0 Å². The lowest BCUT2D eigenvalue weighted by molar-refractivity contribution is -0.138. The van der Waals surface area contributed by atoms with E-state index in [0.29, 0.717) is 17.8 Å². The van der Waals surface area contributed by atoms with E-state index in [4.69, 9.17) is 11.0 Å². The first kappa shape index (κ1) is 24.2. The highest BCUT2D eigenvalue weighted by atomic mass is 19.4. The molecule has 0 fully saturated rings. The van der Waals surface area contributed by atoms with Gasteiger partial charge in [-0.05, 0) is 29.3 Å². The van der Waals surface area contributed by atoms with E-state index < -0.39 is 17.7 Å². The van der Waals surface area contributed by atoms with Gasteiger partial charge in [-0.1, -0.05) is 30.3 Å². The minimum Gasteiger partial charge on any atom is -0.330 e. The summed E-state index contributed by atoms with van der Waals surface area (Å²) in [6.07, 6.45) is -1.08. The normalized spacial score (nSPS) is 12.3. The lowest BCUT2D eigenvalue weighted by Crippen LogP contribution is -2.35. The Bertz CT molecular complexity index is 1120. The summed E-state index contributed by atoms with van der Waals surface area (Å²) in [5, 5.41) is 11.9. The number of Topliss-reactive ketones (excluding diaryl/α,β-unsaturated/α-hetero) is 1. The van der Waals surface area contributed by atoms with Crippen molar-refractivity contribution in [1.29, 1.82) is 5.26 Å². The van der Waals surface area contributed by atoms with Crippen molar-refractivity contribution in [2.45, 2.75) is 25.7 Å². The van der Waals surface area contributed by atoms with Crippen molar-refractivity contribution in [3.63, 3.8) is 0 Å². The molecule has 0 bridgehead atoms. The van der Waals surface area contributed by atoms with Crippen molar-refractivity contribution in [1.82, 2.24) is 14.9 Å². The second-order valence-corrected chi connectivity index (χ2v) is 7.68. The maximum Gasteiger partial charge on any atom is 0.416 e. The van der Waals surface area contributed by atoms with Gasteiger partial charge >= 0.3 is 6.18 Å². The summed E-state index contributed by atoms with van der Waals surface area (Å²) < 4.78 is 41.3. The van der Waals surface area contributed by atoms with Crippen molar-refractivity contribution in [2.24, 2.45) is 11.7 Å². The van der Waals surface area contributed by atoms with E-state index in [2.05, 4.69) is 16.4 Å². The largest absolute Gasteiger partial charge is 0.416 e. The Balaban J connectivity index is 1.59. The van der Waals surface area contributed by atoms with E-state index >= 15 is 0 Å². The van der Waals surface area contributed by atoms with E-state index in [1.165, 1.54) is 12.1 Å². The number of carbonyl (C=O) groups is 1. The van der Waals surface area contributed by atoms with Crippen LogP contribution in [0.3, 0.4) is 0 Å². The molecule has 6 nitrogen and oxygen atoms in total. The average Bonchev–Trinajstić information content (AvgIpc) is 3.23. The summed E-state index contributed by atoms with van der Waals surface area (Å²) in [5.41, 5.74) is 7.44. The van der Waals surface area contributed by atoms with E-state index in [-0.39, 0.29) is 37.4 Å². The third-order valence-electron chi connectivity index (χ3n) is 5.36. The third-order valence-corrected chi connectivity index (χ3v) is 5.36. The van der Waals surface area contributed by atoms with Crippen LogP contribution >= 0.6 is 0 Å². The van der Waals surface area contributed by atoms with E-state index in [1.54, 1.807) is 30.7 Å². The van der Waals surface area contributed by atoms with Gasteiger partial charge in [0.2, 0.25) is 0 Å². The van der Waals surface area contributed by atoms with E-state index in [1.807, 2.05) is 16.7 Å². The molecule has 3 aromatic rings. The molecule has 0 spiro atoms. The number of halogens is 3. The highest BCUT2D eigenvalue weighted by Gasteiger charge is 2.32. The zero-order chi connectivity index (χ0) is 23.8. The molecule has 172 valence electrons. The molecule has 2 aromatic carbocycles. The predicted octanol–water partition coefficient (Wildman–Crippen LogP) is 3.30. The number of nitrogens with zero attached hydrogens (tertiary/aromatic N) is 3. The topological polar surface area (TPSA) is 96.7 Å². The molecule has 0 saturated carbocycles. The lowest BCUT2D eigenvalue weighted by Gasteiger charge is -2.17. The Morgan fingerprint density at radius 3 is 2.58 bits per heavy atom. The van der Waals surface area contributed by atoms with Gasteiger partial charge in [0.05, 0.1) is 23.5 Å². The van der Waals surface area contributed by atoms with Crippen LogP contribution in [0.4, 0.5) is 13.2 Å². The minimum absolute atomic E-state index is 0.0178. The van der Waals surface area contributed by atoms with Crippen LogP contribution in [0.15, 0.2) is 61.1 Å². The molecule has 0 radical (unpaired) electrons. The van der Waals surface area contributed by atoms with Gasteiger partial charge in [-0.25, -0.2) is 4.98 Å². The zero-order valence-electron chi connectivity index (χ0n) is 17.8. The molecule has 3 N–H and O–H groups in total. The lowest BCUT2D eigenvalue weighted by atomic mass is 10.00. The van der Waals surface area contributed by atoms with Crippen molar-refractivity contribution >= 4 is 5.78 Å². The van der Waals surface area contributed by atoms with Gasteiger partial charge in [0.15, 0.2) is 0 Å². The number of nitrogens with two attached hydrogens (primary N) is 1. The molecule has 1 aromatic heterocycles. The third kappa shape index (κ3) is 6.51. The molecular weight excluding hydrogens is 431 g/mol. The Morgan fingerprint density at radius 1 is 1.18 bits per heavy atom. The second-order valence-electron chi connectivity index (χ2n) is 7.68. The first-order chi connectivity index (χ1) is 15.8. The Labute approximate surface area is 189 Å². The molecule has 3 rings (SSSR count). The maximum atomic E-state index is 13.1. The molecule has 0 unspecified atom stereocenters. The highest BCUT2D eigenvalue weighted by molar-refractivity contribution is 5.83. The van der Waals surface area contributed by atoms with E-state index in [0.717, 1.165) is 11.6 Å². The highest BCUT2D eigenvalue weighted by Crippen LogP contribution is 2.31. The van der Waals surface area contributed by atoms with Gasteiger partial charge in [0, 0.05) is 50.4 Å². The number of hydrogen-bond donors (Lipinski definition) is 2. The van der Waals surface area contributed by atoms with Gasteiger partial charge < -0.3 is 15.6 Å². The fourth-order valence-corrected chi connectivity index (χ4v) is 3.50. The number of alkyl halides is 3. The number of ketones is 1. The summed E-state index contributed by atoms with van der Waals surface area (Å²) in [6.45, 7) is 0.728. The molecule has 1 heterocycles. The van der Waals surface area contributed by atoms with Crippen LogP contribution in [0.1, 0.15) is 27.9 Å². The molecule has 0 amide bonds. The van der Waals surface area contributed by atoms with Crippen LogP contribution in [0.5, 0.6) is 0 Å². The first-order valence-corrected chi connectivity index (χ1v) is 10.4. The number of rotatable bonds is 10. The standard InChI is InChI=1S/C24H24F3N5O/c25-24(26,27)22-4-2-1-3-19(22)12-30-13-20(11-29)23(33)9-21-14-31-16-32(21)15-18-7-5-17(10-28)6-8-18/h1-8,14,16,20,30H,9,11-13,15,29H2/t20-/m0/s1. The monoisotopic (exact) mass is 455 g/mol. The summed E-state index contributed by atoms with van der Waals surface area (Å²) in [5.74, 6) is -0.656. The molecule has 9 heteroatoms.